The number of tetrazole rings is 1. The number of nitrogens with one attached hydrogen (secondary N) is 1. The van der Waals surface area contributed by atoms with E-state index in [0.29, 0.717) is 17.1 Å². The van der Waals surface area contributed by atoms with Crippen molar-refractivity contribution in [3.63, 3.8) is 0 Å². The smallest absolute Gasteiger partial charge is 0.184 e. The standard InChI is InChI=1S/C13H11N5OS/c14-8-4-1-2-6-10(8)20-11-7-3-5-9(19)12(11)13-15-17-18-16-13/h1-7,19H,14H2,(H,15,16,17,18). The first-order chi connectivity index (χ1) is 9.75. The highest BCUT2D eigenvalue weighted by atomic mass is 32.2. The van der Waals surface area contributed by atoms with Gasteiger partial charge in [0.25, 0.3) is 0 Å². The second-order valence-electron chi connectivity index (χ2n) is 4.04. The highest BCUT2D eigenvalue weighted by molar-refractivity contribution is 7.99. The van der Waals surface area contributed by atoms with Gasteiger partial charge in [-0.1, -0.05) is 30.0 Å². The Labute approximate surface area is 119 Å². The van der Waals surface area contributed by atoms with Gasteiger partial charge in [-0.05, 0) is 34.7 Å². The molecule has 0 saturated carbocycles. The van der Waals surface area contributed by atoms with Crippen molar-refractivity contribution >= 4 is 17.4 Å². The van der Waals surface area contributed by atoms with Gasteiger partial charge in [-0.3, -0.25) is 0 Å². The molecule has 0 saturated heterocycles. The van der Waals surface area contributed by atoms with Crippen LogP contribution in [0.5, 0.6) is 5.75 Å². The number of benzene rings is 2. The van der Waals surface area contributed by atoms with Gasteiger partial charge < -0.3 is 10.8 Å². The van der Waals surface area contributed by atoms with E-state index in [1.807, 2.05) is 30.3 Å². The zero-order chi connectivity index (χ0) is 13.9. The highest BCUT2D eigenvalue weighted by Gasteiger charge is 2.15. The number of aromatic amines is 1. The Morgan fingerprint density at radius 1 is 1.05 bits per heavy atom. The van der Waals surface area contributed by atoms with Crippen molar-refractivity contribution in [2.75, 3.05) is 5.73 Å². The molecule has 1 heterocycles. The summed E-state index contributed by atoms with van der Waals surface area (Å²) in [7, 11) is 0. The Hall–Kier alpha value is -2.54. The Balaban J connectivity index is 2.07. The molecule has 0 spiro atoms. The predicted molar refractivity (Wildman–Crippen MR) is 76.3 cm³/mol. The maximum Gasteiger partial charge on any atom is 0.184 e. The van der Waals surface area contributed by atoms with Crippen LogP contribution in [0.4, 0.5) is 5.69 Å². The van der Waals surface area contributed by atoms with Crippen LogP contribution in [0.25, 0.3) is 11.4 Å². The van der Waals surface area contributed by atoms with Crippen molar-refractivity contribution in [2.24, 2.45) is 0 Å². The third-order valence-electron chi connectivity index (χ3n) is 2.73. The molecular formula is C13H11N5OS. The molecule has 0 fully saturated rings. The summed E-state index contributed by atoms with van der Waals surface area (Å²) in [6.07, 6.45) is 0. The molecule has 3 aromatic rings. The molecule has 7 heteroatoms. The normalized spacial score (nSPS) is 10.6. The van der Waals surface area contributed by atoms with Crippen LogP contribution in [0.15, 0.2) is 52.3 Å². The summed E-state index contributed by atoms with van der Waals surface area (Å²) in [5, 5.41) is 23.6. The lowest BCUT2D eigenvalue weighted by atomic mass is 10.2. The molecule has 0 aliphatic rings. The molecule has 4 N–H and O–H groups in total. The zero-order valence-electron chi connectivity index (χ0n) is 10.3. The van der Waals surface area contributed by atoms with E-state index in [-0.39, 0.29) is 5.75 Å². The maximum atomic E-state index is 10.1. The number of H-pyrrole nitrogens is 1. The van der Waals surface area contributed by atoms with Crippen molar-refractivity contribution < 1.29 is 5.11 Å². The van der Waals surface area contributed by atoms with Crippen LogP contribution in [0, 0.1) is 0 Å². The first-order valence-electron chi connectivity index (χ1n) is 5.84. The van der Waals surface area contributed by atoms with Crippen LogP contribution in [0.1, 0.15) is 0 Å². The third-order valence-corrected chi connectivity index (χ3v) is 3.88. The molecule has 0 aliphatic carbocycles. The summed E-state index contributed by atoms with van der Waals surface area (Å²) in [4.78, 5) is 1.73. The van der Waals surface area contributed by atoms with E-state index < -0.39 is 0 Å². The average Bonchev–Trinajstić information content (AvgIpc) is 2.95. The molecule has 0 radical (unpaired) electrons. The number of para-hydroxylation sites is 1. The van der Waals surface area contributed by atoms with Crippen molar-refractivity contribution in [1.82, 2.24) is 20.6 Å². The fourth-order valence-corrected chi connectivity index (χ4v) is 2.82. The molecule has 0 unspecified atom stereocenters. The third kappa shape index (κ3) is 2.30. The summed E-state index contributed by atoms with van der Waals surface area (Å²) >= 11 is 1.45. The minimum Gasteiger partial charge on any atom is -0.507 e. The lowest BCUT2D eigenvalue weighted by Gasteiger charge is -2.09. The molecule has 20 heavy (non-hydrogen) atoms. The van der Waals surface area contributed by atoms with Crippen LogP contribution in [-0.2, 0) is 0 Å². The van der Waals surface area contributed by atoms with Gasteiger partial charge in [-0.25, -0.2) is 5.10 Å². The number of nitrogen functional groups attached to an aromatic ring is 1. The first-order valence-corrected chi connectivity index (χ1v) is 6.66. The number of phenolic OH excluding ortho intramolecular Hbond substituents is 1. The lowest BCUT2D eigenvalue weighted by molar-refractivity contribution is 0.475. The number of anilines is 1. The van der Waals surface area contributed by atoms with E-state index in [1.165, 1.54) is 11.8 Å². The van der Waals surface area contributed by atoms with Crippen molar-refractivity contribution in [1.29, 1.82) is 0 Å². The molecule has 2 aromatic carbocycles. The number of aromatic nitrogens is 4. The van der Waals surface area contributed by atoms with Gasteiger partial charge in [0.15, 0.2) is 5.82 Å². The molecule has 6 nitrogen and oxygen atoms in total. The van der Waals surface area contributed by atoms with Crippen LogP contribution in [-0.4, -0.2) is 25.7 Å². The van der Waals surface area contributed by atoms with Crippen LogP contribution < -0.4 is 5.73 Å². The van der Waals surface area contributed by atoms with Gasteiger partial charge >= 0.3 is 0 Å². The summed E-state index contributed by atoms with van der Waals surface area (Å²) in [6, 6.07) is 12.8. The van der Waals surface area contributed by atoms with Gasteiger partial charge in [0.05, 0.1) is 5.56 Å². The van der Waals surface area contributed by atoms with E-state index in [4.69, 9.17) is 5.73 Å². The second kappa shape index (κ2) is 5.22. The SMILES string of the molecule is Nc1ccccc1Sc1cccc(O)c1-c1nnn[nH]1. The number of rotatable bonds is 3. The minimum atomic E-state index is 0.114. The second-order valence-corrected chi connectivity index (χ2v) is 5.12. The van der Waals surface area contributed by atoms with E-state index >= 15 is 0 Å². The summed E-state index contributed by atoms with van der Waals surface area (Å²) < 4.78 is 0. The van der Waals surface area contributed by atoms with Crippen LogP contribution in [0.2, 0.25) is 0 Å². The predicted octanol–water partition coefficient (Wildman–Crippen LogP) is 2.31. The summed E-state index contributed by atoms with van der Waals surface area (Å²) in [6.45, 7) is 0. The van der Waals surface area contributed by atoms with Crippen LogP contribution in [0.3, 0.4) is 0 Å². The first kappa shape index (κ1) is 12.5. The molecule has 0 atom stereocenters. The Bertz CT molecular complexity index is 729. The zero-order valence-corrected chi connectivity index (χ0v) is 11.1. The fourth-order valence-electron chi connectivity index (χ4n) is 1.80. The van der Waals surface area contributed by atoms with Crippen molar-refractivity contribution in [2.45, 2.75) is 9.79 Å². The average molecular weight is 285 g/mol. The highest BCUT2D eigenvalue weighted by Crippen LogP contribution is 2.40. The van der Waals surface area contributed by atoms with E-state index in [9.17, 15) is 5.11 Å². The largest absolute Gasteiger partial charge is 0.507 e. The molecule has 0 amide bonds. The van der Waals surface area contributed by atoms with Gasteiger partial charge in [0.2, 0.25) is 0 Å². The van der Waals surface area contributed by atoms with Gasteiger partial charge in [-0.15, -0.1) is 5.10 Å². The molecular weight excluding hydrogens is 274 g/mol. The van der Waals surface area contributed by atoms with Crippen molar-refractivity contribution in [3.05, 3.63) is 42.5 Å². The maximum absolute atomic E-state index is 10.1. The van der Waals surface area contributed by atoms with Gasteiger partial charge in [0.1, 0.15) is 5.75 Å². The number of phenols is 1. The quantitative estimate of drug-likeness (QED) is 0.638. The Morgan fingerprint density at radius 3 is 2.60 bits per heavy atom. The molecule has 100 valence electrons. The number of aromatic hydroxyl groups is 1. The molecule has 0 bridgehead atoms. The summed E-state index contributed by atoms with van der Waals surface area (Å²) in [5.41, 5.74) is 7.19. The minimum absolute atomic E-state index is 0.114. The number of hydrogen-bond acceptors (Lipinski definition) is 6. The summed E-state index contributed by atoms with van der Waals surface area (Å²) in [5.74, 6) is 0.531. The number of hydrogen-bond donors (Lipinski definition) is 3. The van der Waals surface area contributed by atoms with Gasteiger partial charge in [-0.2, -0.15) is 0 Å². The number of nitrogens with two attached hydrogens (primary N) is 1. The lowest BCUT2D eigenvalue weighted by Crippen LogP contribution is -1.90. The van der Waals surface area contributed by atoms with E-state index in [1.54, 1.807) is 12.1 Å². The van der Waals surface area contributed by atoms with E-state index in [0.717, 1.165) is 9.79 Å². The molecule has 0 aliphatic heterocycles. The van der Waals surface area contributed by atoms with Crippen LogP contribution >= 0.6 is 11.8 Å². The monoisotopic (exact) mass is 285 g/mol. The Kier molecular flexibility index (Phi) is 3.26. The fraction of sp³-hybridized carbons (Fsp3) is 0. The number of nitrogens with zero attached hydrogens (tertiary/aromatic N) is 3. The topological polar surface area (TPSA) is 101 Å². The molecule has 3 rings (SSSR count). The van der Waals surface area contributed by atoms with E-state index in [2.05, 4.69) is 20.6 Å². The van der Waals surface area contributed by atoms with Gasteiger partial charge in [0, 0.05) is 15.5 Å². The molecule has 1 aromatic heterocycles. The Morgan fingerprint density at radius 2 is 1.85 bits per heavy atom. The van der Waals surface area contributed by atoms with Crippen molar-refractivity contribution in [3.8, 4) is 17.1 Å².